The topological polar surface area (TPSA) is 55.6 Å². The molecule has 0 fully saturated rings. The monoisotopic (exact) mass is 403 g/mol. The smallest absolute Gasteiger partial charge is 0.224 e. The van der Waals surface area contributed by atoms with E-state index in [0.29, 0.717) is 19.4 Å². The standard InChI is InChI=1S/C24H22FN3O2/c1-2-30-20-12-10-19(11-13-20)26-23(29)15-14-21-24(17-6-8-18(25)9-7-17)27-22-5-3-4-16-28(21)22/h3-13,16H,2,14-15H2,1H3,(H,26,29). The number of pyridine rings is 1. The fraction of sp³-hybridized carbons (Fsp3) is 0.167. The first-order chi connectivity index (χ1) is 14.6. The van der Waals surface area contributed by atoms with Crippen molar-refractivity contribution in [2.45, 2.75) is 19.8 Å². The molecular weight excluding hydrogens is 381 g/mol. The van der Waals surface area contributed by atoms with Gasteiger partial charge in [-0.2, -0.15) is 0 Å². The zero-order chi connectivity index (χ0) is 20.9. The summed E-state index contributed by atoms with van der Waals surface area (Å²) in [4.78, 5) is 17.2. The van der Waals surface area contributed by atoms with Gasteiger partial charge in [-0.15, -0.1) is 0 Å². The van der Waals surface area contributed by atoms with E-state index in [1.807, 2.05) is 60.0 Å². The Bertz CT molecular complexity index is 1150. The number of halogens is 1. The molecule has 152 valence electrons. The molecule has 5 nitrogen and oxygen atoms in total. The van der Waals surface area contributed by atoms with E-state index < -0.39 is 0 Å². The first-order valence-corrected chi connectivity index (χ1v) is 9.88. The Labute approximate surface area is 174 Å². The van der Waals surface area contributed by atoms with Crippen molar-refractivity contribution in [2.75, 3.05) is 11.9 Å². The van der Waals surface area contributed by atoms with Gasteiger partial charge in [-0.3, -0.25) is 4.79 Å². The molecule has 2 aromatic heterocycles. The lowest BCUT2D eigenvalue weighted by Crippen LogP contribution is -2.13. The van der Waals surface area contributed by atoms with E-state index in [9.17, 15) is 9.18 Å². The molecule has 4 rings (SSSR count). The minimum Gasteiger partial charge on any atom is -0.494 e. The molecule has 0 radical (unpaired) electrons. The van der Waals surface area contributed by atoms with Crippen LogP contribution in [0.5, 0.6) is 5.75 Å². The van der Waals surface area contributed by atoms with Crippen LogP contribution in [0.15, 0.2) is 72.9 Å². The SMILES string of the molecule is CCOc1ccc(NC(=O)CCc2c(-c3ccc(F)cc3)nc3ccccn23)cc1. The van der Waals surface area contributed by atoms with Crippen molar-refractivity contribution in [1.82, 2.24) is 9.38 Å². The number of benzene rings is 2. The highest BCUT2D eigenvalue weighted by Crippen LogP contribution is 2.26. The van der Waals surface area contributed by atoms with Crippen LogP contribution in [0.1, 0.15) is 19.0 Å². The highest BCUT2D eigenvalue weighted by atomic mass is 19.1. The molecule has 0 saturated carbocycles. The van der Waals surface area contributed by atoms with Crippen molar-refractivity contribution < 1.29 is 13.9 Å². The van der Waals surface area contributed by atoms with Gasteiger partial charge in [0.1, 0.15) is 17.2 Å². The Balaban J connectivity index is 1.52. The quantitative estimate of drug-likeness (QED) is 0.466. The van der Waals surface area contributed by atoms with Gasteiger partial charge in [0.25, 0.3) is 0 Å². The molecular formula is C24H22FN3O2. The van der Waals surface area contributed by atoms with Crippen LogP contribution in [0.3, 0.4) is 0 Å². The number of anilines is 1. The third kappa shape index (κ3) is 4.33. The maximum Gasteiger partial charge on any atom is 0.224 e. The summed E-state index contributed by atoms with van der Waals surface area (Å²) in [5.41, 5.74) is 4.01. The molecule has 0 unspecified atom stereocenters. The number of imidazole rings is 1. The van der Waals surface area contributed by atoms with Gasteiger partial charge in [-0.1, -0.05) is 6.07 Å². The van der Waals surface area contributed by atoms with Crippen molar-refractivity contribution in [3.8, 4) is 17.0 Å². The van der Waals surface area contributed by atoms with E-state index in [4.69, 9.17) is 9.72 Å². The molecule has 0 aliphatic rings. The molecule has 0 spiro atoms. The molecule has 0 aliphatic heterocycles. The van der Waals surface area contributed by atoms with E-state index in [0.717, 1.165) is 34.0 Å². The van der Waals surface area contributed by atoms with Crippen LogP contribution in [-0.2, 0) is 11.2 Å². The number of hydrogen-bond acceptors (Lipinski definition) is 3. The lowest BCUT2D eigenvalue weighted by molar-refractivity contribution is -0.116. The number of hydrogen-bond donors (Lipinski definition) is 1. The summed E-state index contributed by atoms with van der Waals surface area (Å²) in [6, 6.07) is 19.3. The average molecular weight is 403 g/mol. The van der Waals surface area contributed by atoms with E-state index in [1.165, 1.54) is 12.1 Å². The fourth-order valence-corrected chi connectivity index (χ4v) is 3.38. The summed E-state index contributed by atoms with van der Waals surface area (Å²) in [5.74, 6) is 0.388. The normalized spacial score (nSPS) is 10.9. The molecule has 0 aliphatic carbocycles. The summed E-state index contributed by atoms with van der Waals surface area (Å²) in [6.45, 7) is 2.53. The first kappa shape index (κ1) is 19.6. The maximum atomic E-state index is 13.3. The molecule has 0 atom stereocenters. The predicted octanol–water partition coefficient (Wildman–Crippen LogP) is 5.11. The molecule has 1 amide bonds. The van der Waals surface area contributed by atoms with Gasteiger partial charge in [0.05, 0.1) is 18.0 Å². The third-order valence-electron chi connectivity index (χ3n) is 4.78. The largest absolute Gasteiger partial charge is 0.494 e. The molecule has 4 aromatic rings. The van der Waals surface area contributed by atoms with E-state index in [2.05, 4.69) is 5.32 Å². The van der Waals surface area contributed by atoms with Crippen molar-refractivity contribution in [1.29, 1.82) is 0 Å². The second kappa shape index (κ2) is 8.78. The van der Waals surface area contributed by atoms with Gasteiger partial charge in [0, 0.05) is 23.9 Å². The van der Waals surface area contributed by atoms with Crippen LogP contribution in [0.4, 0.5) is 10.1 Å². The van der Waals surface area contributed by atoms with E-state index in [1.54, 1.807) is 12.1 Å². The zero-order valence-corrected chi connectivity index (χ0v) is 16.6. The van der Waals surface area contributed by atoms with E-state index >= 15 is 0 Å². The Kier molecular flexibility index (Phi) is 5.75. The van der Waals surface area contributed by atoms with Crippen LogP contribution in [0.25, 0.3) is 16.9 Å². The van der Waals surface area contributed by atoms with Gasteiger partial charge in [-0.25, -0.2) is 9.37 Å². The van der Waals surface area contributed by atoms with Crippen LogP contribution < -0.4 is 10.1 Å². The molecule has 2 aromatic carbocycles. The fourth-order valence-electron chi connectivity index (χ4n) is 3.38. The third-order valence-corrected chi connectivity index (χ3v) is 4.78. The Morgan fingerprint density at radius 3 is 2.57 bits per heavy atom. The van der Waals surface area contributed by atoms with Crippen molar-refractivity contribution >= 4 is 17.2 Å². The molecule has 0 saturated heterocycles. The Hall–Kier alpha value is -3.67. The number of fused-ring (bicyclic) bond motifs is 1. The first-order valence-electron chi connectivity index (χ1n) is 9.88. The number of amides is 1. The summed E-state index contributed by atoms with van der Waals surface area (Å²) < 4.78 is 20.7. The molecule has 1 N–H and O–H groups in total. The van der Waals surface area contributed by atoms with Gasteiger partial charge >= 0.3 is 0 Å². The summed E-state index contributed by atoms with van der Waals surface area (Å²) in [5, 5.41) is 2.91. The average Bonchev–Trinajstić information content (AvgIpc) is 3.13. The summed E-state index contributed by atoms with van der Waals surface area (Å²) in [6.07, 6.45) is 2.72. The lowest BCUT2D eigenvalue weighted by atomic mass is 10.1. The number of ether oxygens (including phenoxy) is 1. The maximum absolute atomic E-state index is 13.3. The van der Waals surface area contributed by atoms with Crippen LogP contribution in [0, 0.1) is 5.82 Å². The number of carbonyl (C=O) groups excluding carboxylic acids is 1. The number of nitrogens with zero attached hydrogens (tertiary/aromatic N) is 2. The predicted molar refractivity (Wildman–Crippen MR) is 115 cm³/mol. The van der Waals surface area contributed by atoms with Gasteiger partial charge in [0.2, 0.25) is 5.91 Å². The second-order valence-corrected chi connectivity index (χ2v) is 6.85. The second-order valence-electron chi connectivity index (χ2n) is 6.85. The lowest BCUT2D eigenvalue weighted by Gasteiger charge is -2.08. The van der Waals surface area contributed by atoms with Crippen LogP contribution in [-0.4, -0.2) is 21.9 Å². The van der Waals surface area contributed by atoms with Crippen molar-refractivity contribution in [3.63, 3.8) is 0 Å². The molecule has 0 bridgehead atoms. The Morgan fingerprint density at radius 1 is 1.07 bits per heavy atom. The van der Waals surface area contributed by atoms with Crippen LogP contribution in [0.2, 0.25) is 0 Å². The van der Waals surface area contributed by atoms with E-state index in [-0.39, 0.29) is 11.7 Å². The molecule has 6 heteroatoms. The number of aryl methyl sites for hydroxylation is 1. The number of carbonyl (C=O) groups is 1. The number of rotatable bonds is 7. The van der Waals surface area contributed by atoms with Crippen molar-refractivity contribution in [3.05, 3.63) is 84.4 Å². The Morgan fingerprint density at radius 2 is 1.83 bits per heavy atom. The van der Waals surface area contributed by atoms with Gasteiger partial charge in [0.15, 0.2) is 0 Å². The van der Waals surface area contributed by atoms with Gasteiger partial charge < -0.3 is 14.5 Å². The minimum atomic E-state index is -0.293. The highest BCUT2D eigenvalue weighted by molar-refractivity contribution is 5.91. The molecule has 2 heterocycles. The highest BCUT2D eigenvalue weighted by Gasteiger charge is 2.15. The molecule has 30 heavy (non-hydrogen) atoms. The zero-order valence-electron chi connectivity index (χ0n) is 16.6. The number of nitrogens with one attached hydrogen (secondary N) is 1. The van der Waals surface area contributed by atoms with Crippen molar-refractivity contribution in [2.24, 2.45) is 0 Å². The number of aromatic nitrogens is 2. The minimum absolute atomic E-state index is 0.0879. The van der Waals surface area contributed by atoms with Gasteiger partial charge in [-0.05, 0) is 74.0 Å². The van der Waals surface area contributed by atoms with Crippen LogP contribution >= 0.6 is 0 Å². The summed E-state index contributed by atoms with van der Waals surface area (Å²) in [7, 11) is 0. The summed E-state index contributed by atoms with van der Waals surface area (Å²) >= 11 is 0.